The predicted octanol–water partition coefficient (Wildman–Crippen LogP) is 3.37. The molecule has 0 unspecified atom stereocenters. The standard InChI is InChI=1S/C14H18N4O2/c1-14(2,3)12-9-13(17(4)16-12)15-10-5-7-11(8-6-10)18(19)20/h5-9,15H,1-4H3. The summed E-state index contributed by atoms with van der Waals surface area (Å²) in [5.41, 5.74) is 1.84. The smallest absolute Gasteiger partial charge is 0.269 e. The molecule has 20 heavy (non-hydrogen) atoms. The van der Waals surface area contributed by atoms with Crippen molar-refractivity contribution in [1.29, 1.82) is 0 Å². The SMILES string of the molecule is Cn1nc(C(C)(C)C)cc1Nc1ccc([N+](=O)[O-])cc1. The molecule has 0 bridgehead atoms. The van der Waals surface area contributed by atoms with Crippen LogP contribution in [0, 0.1) is 10.1 Å². The van der Waals surface area contributed by atoms with Crippen LogP contribution in [0.5, 0.6) is 0 Å². The largest absolute Gasteiger partial charge is 0.340 e. The summed E-state index contributed by atoms with van der Waals surface area (Å²) in [6, 6.07) is 8.30. The number of aryl methyl sites for hydroxylation is 1. The van der Waals surface area contributed by atoms with Gasteiger partial charge in [0.2, 0.25) is 0 Å². The Morgan fingerprint density at radius 3 is 2.30 bits per heavy atom. The highest BCUT2D eigenvalue weighted by atomic mass is 16.6. The summed E-state index contributed by atoms with van der Waals surface area (Å²) in [4.78, 5) is 10.2. The number of hydrogen-bond donors (Lipinski definition) is 1. The third kappa shape index (κ3) is 2.96. The normalized spacial score (nSPS) is 11.4. The summed E-state index contributed by atoms with van der Waals surface area (Å²) in [5, 5.41) is 18.3. The fourth-order valence-electron chi connectivity index (χ4n) is 1.77. The Morgan fingerprint density at radius 2 is 1.85 bits per heavy atom. The topological polar surface area (TPSA) is 73.0 Å². The van der Waals surface area contributed by atoms with Gasteiger partial charge >= 0.3 is 0 Å². The average Bonchev–Trinajstić information content (AvgIpc) is 2.71. The Morgan fingerprint density at radius 1 is 1.25 bits per heavy atom. The number of non-ortho nitro benzene ring substituents is 1. The first kappa shape index (κ1) is 14.0. The van der Waals surface area contributed by atoms with E-state index in [1.165, 1.54) is 12.1 Å². The van der Waals surface area contributed by atoms with E-state index in [0.717, 1.165) is 17.2 Å². The van der Waals surface area contributed by atoms with Gasteiger partial charge < -0.3 is 5.32 Å². The molecule has 0 aliphatic carbocycles. The van der Waals surface area contributed by atoms with Crippen molar-refractivity contribution in [3.05, 3.63) is 46.1 Å². The third-order valence-corrected chi connectivity index (χ3v) is 3.00. The highest BCUT2D eigenvalue weighted by Gasteiger charge is 2.19. The molecule has 1 aromatic heterocycles. The molecule has 0 spiro atoms. The minimum atomic E-state index is -0.411. The predicted molar refractivity (Wildman–Crippen MR) is 78.3 cm³/mol. The zero-order chi connectivity index (χ0) is 14.9. The van der Waals surface area contributed by atoms with Gasteiger partial charge in [-0.15, -0.1) is 0 Å². The van der Waals surface area contributed by atoms with Gasteiger partial charge in [-0.1, -0.05) is 20.8 Å². The number of nitrogens with one attached hydrogen (secondary N) is 1. The first-order valence-electron chi connectivity index (χ1n) is 6.33. The first-order chi connectivity index (χ1) is 9.27. The van der Waals surface area contributed by atoms with Crippen molar-refractivity contribution in [2.24, 2.45) is 7.05 Å². The summed E-state index contributed by atoms with van der Waals surface area (Å²) in [5.74, 6) is 0.851. The van der Waals surface area contributed by atoms with Crippen LogP contribution in [0.25, 0.3) is 0 Å². The molecule has 1 heterocycles. The summed E-state index contributed by atoms with van der Waals surface area (Å²) >= 11 is 0. The fourth-order valence-corrected chi connectivity index (χ4v) is 1.77. The minimum Gasteiger partial charge on any atom is -0.340 e. The molecule has 2 aromatic rings. The van der Waals surface area contributed by atoms with Crippen LogP contribution < -0.4 is 5.32 Å². The van der Waals surface area contributed by atoms with Crippen LogP contribution >= 0.6 is 0 Å². The monoisotopic (exact) mass is 274 g/mol. The van der Waals surface area contributed by atoms with Gasteiger partial charge in [0.15, 0.2) is 0 Å². The second-order valence-corrected chi connectivity index (χ2v) is 5.72. The number of aromatic nitrogens is 2. The van der Waals surface area contributed by atoms with Crippen LogP contribution in [0.3, 0.4) is 0 Å². The van der Waals surface area contributed by atoms with E-state index in [0.29, 0.717) is 0 Å². The van der Waals surface area contributed by atoms with Crippen LogP contribution in [0.4, 0.5) is 17.2 Å². The van der Waals surface area contributed by atoms with Gasteiger partial charge in [-0.2, -0.15) is 5.10 Å². The highest BCUT2D eigenvalue weighted by Crippen LogP contribution is 2.25. The summed E-state index contributed by atoms with van der Waals surface area (Å²) in [6.45, 7) is 6.31. The summed E-state index contributed by atoms with van der Waals surface area (Å²) in [6.07, 6.45) is 0. The number of rotatable bonds is 3. The van der Waals surface area contributed by atoms with E-state index in [4.69, 9.17) is 0 Å². The lowest BCUT2D eigenvalue weighted by Crippen LogP contribution is -2.12. The molecule has 0 fully saturated rings. The molecule has 0 saturated carbocycles. The van der Waals surface area contributed by atoms with Crippen LogP contribution in [-0.4, -0.2) is 14.7 Å². The lowest BCUT2D eigenvalue weighted by Gasteiger charge is -2.13. The van der Waals surface area contributed by atoms with Gasteiger partial charge in [0.25, 0.3) is 5.69 Å². The average molecular weight is 274 g/mol. The van der Waals surface area contributed by atoms with E-state index in [1.54, 1.807) is 16.8 Å². The molecule has 1 aromatic carbocycles. The zero-order valence-electron chi connectivity index (χ0n) is 12.0. The van der Waals surface area contributed by atoms with Crippen molar-refractivity contribution in [3.63, 3.8) is 0 Å². The molecule has 1 N–H and O–H groups in total. The Hall–Kier alpha value is -2.37. The second kappa shape index (κ2) is 4.96. The van der Waals surface area contributed by atoms with Gasteiger partial charge in [0, 0.05) is 36.3 Å². The van der Waals surface area contributed by atoms with Crippen LogP contribution in [-0.2, 0) is 12.5 Å². The highest BCUT2D eigenvalue weighted by molar-refractivity contribution is 5.58. The number of benzene rings is 1. The number of anilines is 2. The Bertz CT molecular complexity index is 624. The zero-order valence-corrected chi connectivity index (χ0v) is 12.0. The summed E-state index contributed by atoms with van der Waals surface area (Å²) in [7, 11) is 1.86. The van der Waals surface area contributed by atoms with Crippen molar-refractivity contribution in [3.8, 4) is 0 Å². The van der Waals surface area contributed by atoms with Crippen molar-refractivity contribution in [1.82, 2.24) is 9.78 Å². The Labute approximate surface area is 117 Å². The molecule has 106 valence electrons. The van der Waals surface area contributed by atoms with Crippen molar-refractivity contribution in [2.45, 2.75) is 26.2 Å². The van der Waals surface area contributed by atoms with E-state index in [1.807, 2.05) is 13.1 Å². The van der Waals surface area contributed by atoms with E-state index in [-0.39, 0.29) is 11.1 Å². The van der Waals surface area contributed by atoms with Gasteiger partial charge in [-0.3, -0.25) is 14.8 Å². The Kier molecular flexibility index (Phi) is 3.48. The van der Waals surface area contributed by atoms with Gasteiger partial charge in [-0.25, -0.2) is 0 Å². The van der Waals surface area contributed by atoms with Crippen molar-refractivity contribution >= 4 is 17.2 Å². The lowest BCUT2D eigenvalue weighted by atomic mass is 9.92. The van der Waals surface area contributed by atoms with E-state index >= 15 is 0 Å². The van der Waals surface area contributed by atoms with Gasteiger partial charge in [0.1, 0.15) is 5.82 Å². The maximum absolute atomic E-state index is 10.6. The molecule has 6 heteroatoms. The minimum absolute atomic E-state index is 0.0207. The van der Waals surface area contributed by atoms with E-state index in [9.17, 15) is 10.1 Å². The van der Waals surface area contributed by atoms with Crippen LogP contribution in [0.15, 0.2) is 30.3 Å². The number of nitro groups is 1. The molecule has 0 saturated heterocycles. The Balaban J connectivity index is 2.22. The molecule has 2 rings (SSSR count). The van der Waals surface area contributed by atoms with E-state index < -0.39 is 4.92 Å². The maximum Gasteiger partial charge on any atom is 0.269 e. The number of nitro benzene ring substituents is 1. The molecule has 0 radical (unpaired) electrons. The molecular weight excluding hydrogens is 256 g/mol. The summed E-state index contributed by atoms with van der Waals surface area (Å²) < 4.78 is 1.77. The lowest BCUT2D eigenvalue weighted by molar-refractivity contribution is -0.384. The quantitative estimate of drug-likeness (QED) is 0.688. The van der Waals surface area contributed by atoms with Crippen LogP contribution in [0.2, 0.25) is 0 Å². The molecule has 0 aliphatic rings. The van der Waals surface area contributed by atoms with Gasteiger partial charge in [-0.05, 0) is 12.1 Å². The number of nitrogens with zero attached hydrogens (tertiary/aromatic N) is 3. The molecule has 0 aliphatic heterocycles. The van der Waals surface area contributed by atoms with E-state index in [2.05, 4.69) is 31.2 Å². The van der Waals surface area contributed by atoms with Crippen molar-refractivity contribution < 1.29 is 4.92 Å². The number of hydrogen-bond acceptors (Lipinski definition) is 4. The molecule has 6 nitrogen and oxygen atoms in total. The fraction of sp³-hybridized carbons (Fsp3) is 0.357. The van der Waals surface area contributed by atoms with Gasteiger partial charge in [0.05, 0.1) is 10.6 Å². The molecule has 0 amide bonds. The maximum atomic E-state index is 10.6. The van der Waals surface area contributed by atoms with Crippen LogP contribution in [0.1, 0.15) is 26.5 Å². The first-order valence-corrected chi connectivity index (χ1v) is 6.33. The molecule has 0 atom stereocenters. The van der Waals surface area contributed by atoms with Crippen molar-refractivity contribution in [2.75, 3.05) is 5.32 Å². The second-order valence-electron chi connectivity index (χ2n) is 5.72. The molecular formula is C14H18N4O2. The third-order valence-electron chi connectivity index (χ3n) is 3.00.